The number of halogens is 4. The molecule has 2 aromatic carbocycles. The van der Waals surface area contributed by atoms with Gasteiger partial charge >= 0.3 is 6.18 Å². The van der Waals surface area contributed by atoms with Crippen LogP contribution in [0.15, 0.2) is 57.9 Å². The number of hydrogen-bond donors (Lipinski definition) is 1. The van der Waals surface area contributed by atoms with Crippen LogP contribution in [0.25, 0.3) is 17.0 Å². The third-order valence-corrected chi connectivity index (χ3v) is 5.91. The number of carbonyl (C=O) groups excluding carboxylic acids is 1. The number of nitrogens with one attached hydrogen (secondary N) is 1. The van der Waals surface area contributed by atoms with E-state index in [4.69, 9.17) is 4.42 Å². The molecule has 1 N–H and O–H groups in total. The second-order valence-corrected chi connectivity index (χ2v) is 8.08. The number of benzene rings is 2. The maximum absolute atomic E-state index is 14.4. The topological polar surface area (TPSA) is 62.6 Å². The van der Waals surface area contributed by atoms with Crippen molar-refractivity contribution in [2.24, 2.45) is 0 Å². The van der Waals surface area contributed by atoms with Crippen molar-refractivity contribution in [3.63, 3.8) is 0 Å². The van der Waals surface area contributed by atoms with E-state index < -0.39 is 28.9 Å². The van der Waals surface area contributed by atoms with Crippen LogP contribution in [0.4, 0.5) is 23.2 Å². The second kappa shape index (κ2) is 8.18. The van der Waals surface area contributed by atoms with Gasteiger partial charge in [-0.15, -0.1) is 0 Å². The molecular weight excluding hydrogens is 436 g/mol. The molecule has 1 atom stereocenters. The van der Waals surface area contributed by atoms with E-state index in [0.717, 1.165) is 25.6 Å². The molecule has 0 aliphatic carbocycles. The Morgan fingerprint density at radius 3 is 2.58 bits per heavy atom. The zero-order valence-electron chi connectivity index (χ0n) is 15.9. The minimum atomic E-state index is -4.54. The molecule has 4 rings (SSSR count). The molecule has 31 heavy (non-hydrogen) atoms. The number of nitrogens with zero attached hydrogens (tertiary/aromatic N) is 1. The van der Waals surface area contributed by atoms with E-state index in [2.05, 4.69) is 4.72 Å². The average Bonchev–Trinajstić information content (AvgIpc) is 3.09. The molecule has 3 aromatic rings. The molecule has 1 aliphatic heterocycles. The summed E-state index contributed by atoms with van der Waals surface area (Å²) in [7, 11) is -2.16. The Kier molecular flexibility index (Phi) is 5.57. The van der Waals surface area contributed by atoms with Gasteiger partial charge in [0.05, 0.1) is 10.3 Å². The molecule has 1 aromatic heterocycles. The van der Waals surface area contributed by atoms with Gasteiger partial charge in [-0.25, -0.2) is 8.60 Å². The highest BCUT2D eigenvalue weighted by Crippen LogP contribution is 2.30. The Morgan fingerprint density at radius 1 is 1.16 bits per heavy atom. The maximum atomic E-state index is 14.4. The van der Waals surface area contributed by atoms with Gasteiger partial charge in [0.15, 0.2) is 16.7 Å². The average molecular weight is 452 g/mol. The first-order chi connectivity index (χ1) is 14.7. The van der Waals surface area contributed by atoms with Crippen LogP contribution in [0.5, 0.6) is 0 Å². The van der Waals surface area contributed by atoms with Crippen molar-refractivity contribution in [1.82, 2.24) is 4.72 Å². The number of rotatable bonds is 5. The molecule has 10 heteroatoms. The number of furan rings is 1. The number of anilines is 1. The van der Waals surface area contributed by atoms with Gasteiger partial charge in [0.1, 0.15) is 11.4 Å². The van der Waals surface area contributed by atoms with Crippen LogP contribution < -0.4 is 9.62 Å². The van der Waals surface area contributed by atoms with Crippen molar-refractivity contribution in [1.29, 1.82) is 0 Å². The number of hydrogen-bond acceptors (Lipinski definition) is 4. The second-order valence-electron chi connectivity index (χ2n) is 6.90. The van der Waals surface area contributed by atoms with Crippen LogP contribution in [0, 0.1) is 5.82 Å². The molecule has 0 spiro atoms. The lowest BCUT2D eigenvalue weighted by molar-refractivity contribution is -0.0790. The fourth-order valence-corrected chi connectivity index (χ4v) is 4.04. The lowest BCUT2D eigenvalue weighted by Crippen LogP contribution is -2.36. The highest BCUT2D eigenvalue weighted by Gasteiger charge is 2.23. The largest absolute Gasteiger partial charge is 0.451 e. The first-order valence-corrected chi connectivity index (χ1v) is 10.4. The summed E-state index contributed by atoms with van der Waals surface area (Å²) in [5.41, 5.74) is 0.853. The fourth-order valence-electron chi connectivity index (χ4n) is 3.11. The molecular formula is C21H16F4N2O3S. The van der Waals surface area contributed by atoms with Gasteiger partial charge in [0.2, 0.25) is 0 Å². The van der Waals surface area contributed by atoms with Crippen molar-refractivity contribution < 1.29 is 31.0 Å². The van der Waals surface area contributed by atoms with E-state index in [9.17, 15) is 26.6 Å². The molecule has 1 unspecified atom stereocenters. The summed E-state index contributed by atoms with van der Waals surface area (Å²) in [4.78, 5) is 14.4. The zero-order valence-corrected chi connectivity index (χ0v) is 16.7. The lowest BCUT2D eigenvalue weighted by Gasteiger charge is -2.33. The minimum absolute atomic E-state index is 0.0151. The van der Waals surface area contributed by atoms with Crippen LogP contribution in [-0.2, 0) is 11.0 Å². The van der Waals surface area contributed by atoms with Crippen LogP contribution in [0.3, 0.4) is 0 Å². The SMILES string of the molecule is O=C(NS(=O)c1ccccc1/C=C/C(F)(F)F)c1cc2c(F)cc(N3CCC3)cc2o1. The smallest absolute Gasteiger partial charge is 0.409 e. The first-order valence-electron chi connectivity index (χ1n) is 9.27. The summed E-state index contributed by atoms with van der Waals surface area (Å²) in [6.07, 6.45) is -2.74. The standard InChI is InChI=1S/C21H16F4N2O3S/c22-16-10-14(27-8-3-9-27)11-17-15(16)12-18(30-17)20(28)26-31(29)19-5-2-1-4-13(19)6-7-21(23,24)25/h1-2,4-7,10-12H,3,8-9H2,(H,26,28)/b7-6+. The first kappa shape index (κ1) is 21.1. The number of fused-ring (bicyclic) bond motifs is 1. The van der Waals surface area contributed by atoms with Crippen molar-refractivity contribution in [3.05, 3.63) is 65.7 Å². The molecule has 0 bridgehead atoms. The highest BCUT2D eigenvalue weighted by molar-refractivity contribution is 7.83. The summed E-state index contributed by atoms with van der Waals surface area (Å²) in [6, 6.07) is 9.84. The van der Waals surface area contributed by atoms with Gasteiger partial charge in [-0.2, -0.15) is 13.2 Å². The van der Waals surface area contributed by atoms with E-state index in [-0.39, 0.29) is 33.3 Å². The predicted molar refractivity (Wildman–Crippen MR) is 108 cm³/mol. The highest BCUT2D eigenvalue weighted by atomic mass is 32.2. The normalized spacial score (nSPS) is 15.3. The van der Waals surface area contributed by atoms with E-state index >= 15 is 0 Å². The summed E-state index contributed by atoms with van der Waals surface area (Å²) >= 11 is 0. The molecule has 2 heterocycles. The molecule has 0 radical (unpaired) electrons. The van der Waals surface area contributed by atoms with Crippen LogP contribution in [-0.4, -0.2) is 29.4 Å². The van der Waals surface area contributed by atoms with E-state index in [1.807, 2.05) is 4.90 Å². The Labute approximate surface area is 176 Å². The Bertz CT molecular complexity index is 1200. The van der Waals surface area contributed by atoms with Crippen molar-refractivity contribution >= 4 is 39.6 Å². The number of carbonyl (C=O) groups is 1. The lowest BCUT2D eigenvalue weighted by atomic mass is 10.1. The van der Waals surface area contributed by atoms with Crippen LogP contribution in [0.2, 0.25) is 0 Å². The number of alkyl halides is 3. The summed E-state index contributed by atoms with van der Waals surface area (Å²) in [5.74, 6) is -1.69. The van der Waals surface area contributed by atoms with Gasteiger partial charge in [0.25, 0.3) is 5.91 Å². The monoisotopic (exact) mass is 452 g/mol. The molecule has 1 aliphatic rings. The van der Waals surface area contributed by atoms with Crippen molar-refractivity contribution in [3.8, 4) is 0 Å². The minimum Gasteiger partial charge on any atom is -0.451 e. The Morgan fingerprint density at radius 2 is 1.90 bits per heavy atom. The van der Waals surface area contributed by atoms with E-state index in [0.29, 0.717) is 5.69 Å². The van der Waals surface area contributed by atoms with E-state index in [1.165, 1.54) is 36.4 Å². The van der Waals surface area contributed by atoms with Crippen molar-refractivity contribution in [2.75, 3.05) is 18.0 Å². The summed E-state index contributed by atoms with van der Waals surface area (Å²) < 4.78 is 72.0. The van der Waals surface area contributed by atoms with Gasteiger partial charge in [-0.1, -0.05) is 18.2 Å². The molecule has 1 fully saturated rings. The van der Waals surface area contributed by atoms with Gasteiger partial charge in [-0.3, -0.25) is 9.52 Å². The van der Waals surface area contributed by atoms with Gasteiger partial charge in [0, 0.05) is 37.0 Å². The third kappa shape index (κ3) is 4.63. The fraction of sp³-hybridized carbons (Fsp3) is 0.190. The predicted octanol–water partition coefficient (Wildman–Crippen LogP) is 4.81. The van der Waals surface area contributed by atoms with E-state index in [1.54, 1.807) is 6.07 Å². The van der Waals surface area contributed by atoms with Gasteiger partial charge in [-0.05, 0) is 30.2 Å². The maximum Gasteiger partial charge on any atom is 0.409 e. The molecule has 1 saturated heterocycles. The molecule has 0 saturated carbocycles. The zero-order chi connectivity index (χ0) is 22.2. The summed E-state index contributed by atoms with van der Waals surface area (Å²) in [5, 5.41) is 0.105. The quantitative estimate of drug-likeness (QED) is 0.565. The number of amides is 1. The molecule has 1 amide bonds. The van der Waals surface area contributed by atoms with Gasteiger partial charge < -0.3 is 9.32 Å². The molecule has 162 valence electrons. The summed E-state index contributed by atoms with van der Waals surface area (Å²) in [6.45, 7) is 1.61. The number of allylic oxidation sites excluding steroid dienone is 1. The van der Waals surface area contributed by atoms with Crippen LogP contribution in [0.1, 0.15) is 22.5 Å². The Balaban J connectivity index is 1.56. The Hall–Kier alpha value is -3.14. The molecule has 5 nitrogen and oxygen atoms in total. The van der Waals surface area contributed by atoms with Crippen molar-refractivity contribution in [2.45, 2.75) is 17.5 Å². The van der Waals surface area contributed by atoms with Crippen LogP contribution >= 0.6 is 0 Å². The third-order valence-electron chi connectivity index (χ3n) is 4.77.